The first-order valence-corrected chi connectivity index (χ1v) is 6.38. The normalized spacial score (nSPS) is 14.8. The van der Waals surface area contributed by atoms with Crippen LogP contribution in [0.1, 0.15) is 25.3 Å². The van der Waals surface area contributed by atoms with E-state index in [1.807, 2.05) is 12.1 Å². The van der Waals surface area contributed by atoms with Crippen LogP contribution in [0.25, 0.3) is 0 Å². The van der Waals surface area contributed by atoms with Gasteiger partial charge < -0.3 is 10.6 Å². The second kappa shape index (κ2) is 5.15. The summed E-state index contributed by atoms with van der Waals surface area (Å²) >= 11 is 12.4. The maximum atomic E-state index is 6.35. The lowest BCUT2D eigenvalue weighted by atomic mass is 10.0. The van der Waals surface area contributed by atoms with Crippen molar-refractivity contribution in [2.75, 3.05) is 18.4 Å². The average molecular weight is 272 g/mol. The molecule has 1 aromatic carbocycles. The highest BCUT2D eigenvalue weighted by atomic mass is 35.5. The van der Waals surface area contributed by atoms with Crippen molar-refractivity contribution in [2.45, 2.75) is 19.8 Å². The molecule has 0 unspecified atom stereocenters. The van der Waals surface area contributed by atoms with E-state index >= 15 is 0 Å². The van der Waals surface area contributed by atoms with Crippen LogP contribution in [0.4, 0.5) is 5.69 Å². The molecule has 2 N–H and O–H groups in total. The molecule has 2 rings (SSSR count). The second-order valence-corrected chi connectivity index (χ2v) is 5.11. The lowest BCUT2D eigenvalue weighted by molar-refractivity contribution is 0.867. The van der Waals surface area contributed by atoms with Crippen LogP contribution in [0.15, 0.2) is 17.1 Å². The predicted octanol–water partition coefficient (Wildman–Crippen LogP) is 3.49. The van der Waals surface area contributed by atoms with E-state index in [2.05, 4.69) is 29.5 Å². The minimum Gasteiger partial charge on any atom is -0.354 e. The third-order valence-corrected chi connectivity index (χ3v) is 3.25. The zero-order chi connectivity index (χ0) is 12.4. The van der Waals surface area contributed by atoms with Crippen LogP contribution in [0.2, 0.25) is 10.0 Å². The van der Waals surface area contributed by atoms with Crippen molar-refractivity contribution in [3.63, 3.8) is 0 Å². The van der Waals surface area contributed by atoms with Crippen molar-refractivity contribution < 1.29 is 0 Å². The van der Waals surface area contributed by atoms with E-state index in [-0.39, 0.29) is 0 Å². The lowest BCUT2D eigenvalue weighted by Crippen LogP contribution is -2.26. The van der Waals surface area contributed by atoms with Crippen LogP contribution in [-0.2, 0) is 0 Å². The van der Waals surface area contributed by atoms with Gasteiger partial charge >= 0.3 is 0 Å². The van der Waals surface area contributed by atoms with Gasteiger partial charge in [0.05, 0.1) is 17.3 Å². The number of nitrogens with one attached hydrogen (secondary N) is 2. The fourth-order valence-electron chi connectivity index (χ4n) is 1.73. The number of rotatable bonds is 2. The first-order chi connectivity index (χ1) is 8.08. The lowest BCUT2D eigenvalue weighted by Gasteiger charge is -2.15. The molecule has 0 bridgehead atoms. The number of guanidine groups is 1. The van der Waals surface area contributed by atoms with Gasteiger partial charge in [-0.25, -0.2) is 0 Å². The maximum absolute atomic E-state index is 6.35. The summed E-state index contributed by atoms with van der Waals surface area (Å²) in [5, 5.41) is 7.69. The zero-order valence-electron chi connectivity index (χ0n) is 9.85. The van der Waals surface area contributed by atoms with Crippen LogP contribution < -0.4 is 10.6 Å². The Morgan fingerprint density at radius 1 is 1.35 bits per heavy atom. The molecule has 0 saturated heterocycles. The molecule has 0 amide bonds. The van der Waals surface area contributed by atoms with Crippen LogP contribution in [0, 0.1) is 0 Å². The molecule has 17 heavy (non-hydrogen) atoms. The van der Waals surface area contributed by atoms with Gasteiger partial charge in [0.25, 0.3) is 0 Å². The van der Waals surface area contributed by atoms with Crippen molar-refractivity contribution in [3.8, 4) is 0 Å². The second-order valence-electron chi connectivity index (χ2n) is 4.29. The zero-order valence-corrected chi connectivity index (χ0v) is 11.4. The van der Waals surface area contributed by atoms with Gasteiger partial charge in [0.1, 0.15) is 0 Å². The van der Waals surface area contributed by atoms with Crippen LogP contribution in [-0.4, -0.2) is 19.0 Å². The predicted molar refractivity (Wildman–Crippen MR) is 74.5 cm³/mol. The molecule has 0 spiro atoms. The van der Waals surface area contributed by atoms with E-state index < -0.39 is 0 Å². The number of anilines is 1. The highest BCUT2D eigenvalue weighted by Crippen LogP contribution is 2.34. The molecule has 1 heterocycles. The molecular weight excluding hydrogens is 257 g/mol. The summed E-state index contributed by atoms with van der Waals surface area (Å²) in [6, 6.07) is 3.72. The standard InChI is InChI=1S/C12H15Cl2N3/c1-7(2)9-5-8(13)6-10(11(9)14)17-12-15-3-4-16-12/h5-7H,3-4H2,1-2H3,(H2,15,16,17). The monoisotopic (exact) mass is 271 g/mol. The summed E-state index contributed by atoms with van der Waals surface area (Å²) in [5.41, 5.74) is 1.84. The van der Waals surface area contributed by atoms with Gasteiger partial charge in [0.2, 0.25) is 0 Å². The summed E-state index contributed by atoms with van der Waals surface area (Å²) in [6.45, 7) is 5.83. The van der Waals surface area contributed by atoms with Gasteiger partial charge in [-0.05, 0) is 23.6 Å². The Kier molecular flexibility index (Phi) is 3.79. The number of aliphatic imine (C=N–C) groups is 1. The van der Waals surface area contributed by atoms with Crippen molar-refractivity contribution in [1.29, 1.82) is 0 Å². The summed E-state index contributed by atoms with van der Waals surface area (Å²) in [6.07, 6.45) is 0. The van der Waals surface area contributed by atoms with Gasteiger partial charge in [-0.1, -0.05) is 37.0 Å². The third-order valence-electron chi connectivity index (χ3n) is 2.61. The Hall–Kier alpha value is -0.930. The number of halogens is 2. The molecule has 0 atom stereocenters. The Morgan fingerprint density at radius 3 is 2.71 bits per heavy atom. The first-order valence-electron chi connectivity index (χ1n) is 5.62. The fraction of sp³-hybridized carbons (Fsp3) is 0.417. The van der Waals surface area contributed by atoms with E-state index in [0.717, 1.165) is 30.3 Å². The topological polar surface area (TPSA) is 36.4 Å². The van der Waals surface area contributed by atoms with Crippen LogP contribution in [0.3, 0.4) is 0 Å². The van der Waals surface area contributed by atoms with E-state index in [1.165, 1.54) is 0 Å². The molecule has 1 aromatic rings. The average Bonchev–Trinajstić information content (AvgIpc) is 2.75. The first kappa shape index (κ1) is 12.5. The van der Waals surface area contributed by atoms with Crippen LogP contribution >= 0.6 is 23.2 Å². The number of nitrogens with zero attached hydrogens (tertiary/aromatic N) is 1. The van der Waals surface area contributed by atoms with Gasteiger partial charge in [-0.15, -0.1) is 0 Å². The maximum Gasteiger partial charge on any atom is 0.195 e. The molecule has 5 heteroatoms. The van der Waals surface area contributed by atoms with Crippen molar-refractivity contribution in [1.82, 2.24) is 5.32 Å². The Balaban J connectivity index is 2.32. The molecular formula is C12H15Cl2N3. The van der Waals surface area contributed by atoms with E-state index in [9.17, 15) is 0 Å². The van der Waals surface area contributed by atoms with E-state index in [0.29, 0.717) is 16.0 Å². The summed E-state index contributed by atoms with van der Waals surface area (Å²) in [5.74, 6) is 1.09. The molecule has 0 aromatic heterocycles. The largest absolute Gasteiger partial charge is 0.354 e. The van der Waals surface area contributed by atoms with Gasteiger partial charge in [0, 0.05) is 11.6 Å². The molecule has 0 radical (unpaired) electrons. The molecule has 1 aliphatic rings. The number of hydrogen-bond acceptors (Lipinski definition) is 3. The highest BCUT2D eigenvalue weighted by Gasteiger charge is 2.13. The molecule has 0 saturated carbocycles. The van der Waals surface area contributed by atoms with Gasteiger partial charge in [-0.2, -0.15) is 0 Å². The summed E-state index contributed by atoms with van der Waals surface area (Å²) in [7, 11) is 0. The quantitative estimate of drug-likeness (QED) is 0.864. The van der Waals surface area contributed by atoms with Gasteiger partial charge in [0.15, 0.2) is 5.96 Å². The van der Waals surface area contributed by atoms with E-state index in [4.69, 9.17) is 23.2 Å². The smallest absolute Gasteiger partial charge is 0.195 e. The minimum atomic E-state index is 0.334. The molecule has 0 fully saturated rings. The molecule has 3 nitrogen and oxygen atoms in total. The van der Waals surface area contributed by atoms with Crippen molar-refractivity contribution >= 4 is 34.8 Å². The fourth-order valence-corrected chi connectivity index (χ4v) is 2.33. The minimum absolute atomic E-state index is 0.334. The molecule has 1 aliphatic heterocycles. The Morgan fingerprint density at radius 2 is 2.12 bits per heavy atom. The number of hydrogen-bond donors (Lipinski definition) is 2. The summed E-state index contributed by atoms with van der Waals surface area (Å²) < 4.78 is 0. The Labute approximate surface area is 111 Å². The Bertz CT molecular complexity index is 455. The molecule has 92 valence electrons. The summed E-state index contributed by atoms with van der Waals surface area (Å²) in [4.78, 5) is 4.27. The number of benzene rings is 1. The van der Waals surface area contributed by atoms with Crippen molar-refractivity contribution in [2.24, 2.45) is 4.99 Å². The van der Waals surface area contributed by atoms with E-state index in [1.54, 1.807) is 0 Å². The third kappa shape index (κ3) is 2.85. The van der Waals surface area contributed by atoms with Gasteiger partial charge in [-0.3, -0.25) is 4.99 Å². The highest BCUT2D eigenvalue weighted by molar-refractivity contribution is 6.36. The SMILES string of the molecule is CC(C)c1cc(Cl)cc(NC2=NCCN2)c1Cl. The van der Waals surface area contributed by atoms with Crippen LogP contribution in [0.5, 0.6) is 0 Å². The molecule has 0 aliphatic carbocycles. The van der Waals surface area contributed by atoms with Crippen molar-refractivity contribution in [3.05, 3.63) is 27.7 Å².